The Hall–Kier alpha value is -1.74. The van der Waals surface area contributed by atoms with Crippen LogP contribution in [-0.4, -0.2) is 54.7 Å². The SMILES string of the molecule is C#CCC(NC(=O)NCC(C)N(C)C)C(=O)O. The summed E-state index contributed by atoms with van der Waals surface area (Å²) in [6, 6.07) is -1.41. The average Bonchev–Trinajstić information content (AvgIpc) is 2.24. The third kappa shape index (κ3) is 6.43. The van der Waals surface area contributed by atoms with E-state index >= 15 is 0 Å². The summed E-state index contributed by atoms with van der Waals surface area (Å²) >= 11 is 0. The number of nitrogens with one attached hydrogen (secondary N) is 2. The van der Waals surface area contributed by atoms with Gasteiger partial charge in [0.1, 0.15) is 6.04 Å². The van der Waals surface area contributed by atoms with Crippen LogP contribution in [0.15, 0.2) is 0 Å². The standard InChI is InChI=1S/C11H19N3O3/c1-5-6-9(10(15)16)13-11(17)12-7-8(2)14(3)4/h1,8-9H,6-7H2,2-4H3,(H,15,16)(H2,12,13,17). The van der Waals surface area contributed by atoms with Crippen molar-refractivity contribution in [2.45, 2.75) is 25.4 Å². The minimum Gasteiger partial charge on any atom is -0.480 e. The fourth-order valence-corrected chi connectivity index (χ4v) is 0.950. The molecule has 17 heavy (non-hydrogen) atoms. The van der Waals surface area contributed by atoms with E-state index in [2.05, 4.69) is 16.6 Å². The van der Waals surface area contributed by atoms with Gasteiger partial charge in [0.25, 0.3) is 0 Å². The van der Waals surface area contributed by atoms with Gasteiger partial charge in [-0.2, -0.15) is 0 Å². The third-order valence-electron chi connectivity index (χ3n) is 2.36. The Labute approximate surface area is 101 Å². The molecule has 96 valence electrons. The van der Waals surface area contributed by atoms with Crippen molar-refractivity contribution in [1.82, 2.24) is 15.5 Å². The maximum absolute atomic E-state index is 11.4. The number of carboxylic acid groups (broad SMARTS) is 1. The van der Waals surface area contributed by atoms with Gasteiger partial charge in [0.15, 0.2) is 0 Å². The average molecular weight is 241 g/mol. The molecular weight excluding hydrogens is 222 g/mol. The van der Waals surface area contributed by atoms with Gasteiger partial charge in [-0.15, -0.1) is 12.3 Å². The van der Waals surface area contributed by atoms with Gasteiger partial charge < -0.3 is 20.6 Å². The number of urea groups is 1. The molecule has 0 fully saturated rings. The van der Waals surface area contributed by atoms with Crippen molar-refractivity contribution in [2.75, 3.05) is 20.6 Å². The van der Waals surface area contributed by atoms with Crippen LogP contribution in [0, 0.1) is 12.3 Å². The molecule has 0 aromatic rings. The molecule has 0 aliphatic carbocycles. The van der Waals surface area contributed by atoms with Crippen LogP contribution >= 0.6 is 0 Å². The van der Waals surface area contributed by atoms with E-state index in [1.165, 1.54) is 0 Å². The molecular formula is C11H19N3O3. The van der Waals surface area contributed by atoms with Gasteiger partial charge in [0.05, 0.1) is 0 Å². The highest BCUT2D eigenvalue weighted by Gasteiger charge is 2.18. The van der Waals surface area contributed by atoms with Gasteiger partial charge in [-0.3, -0.25) is 0 Å². The van der Waals surface area contributed by atoms with E-state index < -0.39 is 18.0 Å². The molecule has 2 unspecified atom stereocenters. The molecule has 0 saturated carbocycles. The predicted molar refractivity (Wildman–Crippen MR) is 64.6 cm³/mol. The van der Waals surface area contributed by atoms with Crippen molar-refractivity contribution in [2.24, 2.45) is 0 Å². The molecule has 0 saturated heterocycles. The third-order valence-corrected chi connectivity index (χ3v) is 2.36. The topological polar surface area (TPSA) is 81.7 Å². The van der Waals surface area contributed by atoms with E-state index in [4.69, 9.17) is 11.5 Å². The minimum atomic E-state index is -1.14. The number of nitrogens with zero attached hydrogens (tertiary/aromatic N) is 1. The summed E-state index contributed by atoms with van der Waals surface area (Å²) < 4.78 is 0. The van der Waals surface area contributed by atoms with Crippen LogP contribution in [-0.2, 0) is 4.79 Å². The molecule has 0 aliphatic heterocycles. The van der Waals surface area contributed by atoms with Crippen molar-refractivity contribution in [3.63, 3.8) is 0 Å². The number of rotatable bonds is 6. The first kappa shape index (κ1) is 15.3. The van der Waals surface area contributed by atoms with Gasteiger partial charge in [0.2, 0.25) is 0 Å². The Morgan fingerprint density at radius 3 is 2.47 bits per heavy atom. The zero-order valence-electron chi connectivity index (χ0n) is 10.4. The number of hydrogen-bond acceptors (Lipinski definition) is 3. The monoisotopic (exact) mass is 241 g/mol. The highest BCUT2D eigenvalue weighted by molar-refractivity contribution is 5.82. The first-order valence-electron chi connectivity index (χ1n) is 5.25. The zero-order chi connectivity index (χ0) is 13.4. The Balaban J connectivity index is 4.08. The van der Waals surface area contributed by atoms with E-state index in [-0.39, 0.29) is 12.5 Å². The highest BCUT2D eigenvalue weighted by Crippen LogP contribution is 1.92. The smallest absolute Gasteiger partial charge is 0.327 e. The second-order valence-electron chi connectivity index (χ2n) is 3.97. The van der Waals surface area contributed by atoms with Crippen molar-refractivity contribution in [3.05, 3.63) is 0 Å². The van der Waals surface area contributed by atoms with Crippen LogP contribution in [0.3, 0.4) is 0 Å². The molecule has 6 nitrogen and oxygen atoms in total. The van der Waals surface area contributed by atoms with Gasteiger partial charge >= 0.3 is 12.0 Å². The predicted octanol–water partition coefficient (Wildman–Crippen LogP) is -0.288. The van der Waals surface area contributed by atoms with E-state index in [1.54, 1.807) is 0 Å². The lowest BCUT2D eigenvalue weighted by Gasteiger charge is -2.20. The van der Waals surface area contributed by atoms with E-state index in [1.807, 2.05) is 25.9 Å². The van der Waals surface area contributed by atoms with Crippen LogP contribution in [0.2, 0.25) is 0 Å². The molecule has 0 bridgehead atoms. The number of carboxylic acids is 1. The Morgan fingerprint density at radius 1 is 1.47 bits per heavy atom. The fraction of sp³-hybridized carbons (Fsp3) is 0.636. The van der Waals surface area contributed by atoms with Crippen molar-refractivity contribution >= 4 is 12.0 Å². The number of likely N-dealkylation sites (N-methyl/N-ethyl adjacent to an activating group) is 1. The number of carbonyl (C=O) groups is 2. The first-order valence-corrected chi connectivity index (χ1v) is 5.25. The molecule has 0 aromatic carbocycles. The number of hydrogen-bond donors (Lipinski definition) is 3. The summed E-state index contributed by atoms with van der Waals surface area (Å²) in [7, 11) is 3.78. The summed E-state index contributed by atoms with van der Waals surface area (Å²) in [5.41, 5.74) is 0. The lowest BCUT2D eigenvalue weighted by atomic mass is 10.2. The van der Waals surface area contributed by atoms with Gasteiger partial charge in [0, 0.05) is 19.0 Å². The van der Waals surface area contributed by atoms with Gasteiger partial charge in [-0.25, -0.2) is 9.59 Å². The lowest BCUT2D eigenvalue weighted by Crippen LogP contribution is -2.48. The molecule has 0 rings (SSSR count). The summed E-state index contributed by atoms with van der Waals surface area (Å²) in [6.07, 6.45) is 4.98. The number of amides is 2. The summed E-state index contributed by atoms with van der Waals surface area (Å²) in [6.45, 7) is 2.37. The number of carbonyl (C=O) groups excluding carboxylic acids is 1. The quantitative estimate of drug-likeness (QED) is 0.558. The second kappa shape index (κ2) is 7.52. The molecule has 3 N–H and O–H groups in total. The fourth-order valence-electron chi connectivity index (χ4n) is 0.950. The van der Waals surface area contributed by atoms with Crippen molar-refractivity contribution in [3.8, 4) is 12.3 Å². The summed E-state index contributed by atoms with van der Waals surface area (Å²) in [4.78, 5) is 24.1. The van der Waals surface area contributed by atoms with Crippen LogP contribution in [0.25, 0.3) is 0 Å². The Bertz CT molecular complexity index is 310. The molecule has 0 spiro atoms. The molecule has 0 radical (unpaired) electrons. The number of terminal acetylenes is 1. The maximum Gasteiger partial charge on any atom is 0.327 e. The van der Waals surface area contributed by atoms with E-state index in [9.17, 15) is 9.59 Å². The van der Waals surface area contributed by atoms with Gasteiger partial charge in [-0.05, 0) is 21.0 Å². The van der Waals surface area contributed by atoms with E-state index in [0.29, 0.717) is 6.54 Å². The van der Waals surface area contributed by atoms with Gasteiger partial charge in [-0.1, -0.05) is 0 Å². The Morgan fingerprint density at radius 2 is 2.06 bits per heavy atom. The minimum absolute atomic E-state index is 0.0357. The summed E-state index contributed by atoms with van der Waals surface area (Å²) in [5, 5.41) is 13.7. The van der Waals surface area contributed by atoms with Crippen LogP contribution in [0.1, 0.15) is 13.3 Å². The van der Waals surface area contributed by atoms with Crippen LogP contribution in [0.4, 0.5) is 4.79 Å². The number of aliphatic carboxylic acids is 1. The molecule has 6 heteroatoms. The van der Waals surface area contributed by atoms with Crippen molar-refractivity contribution < 1.29 is 14.7 Å². The molecule has 2 amide bonds. The lowest BCUT2D eigenvalue weighted by molar-refractivity contribution is -0.139. The van der Waals surface area contributed by atoms with E-state index in [0.717, 1.165) is 0 Å². The molecule has 0 aromatic heterocycles. The maximum atomic E-state index is 11.4. The van der Waals surface area contributed by atoms with Crippen LogP contribution in [0.5, 0.6) is 0 Å². The largest absolute Gasteiger partial charge is 0.480 e. The van der Waals surface area contributed by atoms with Crippen LogP contribution < -0.4 is 10.6 Å². The molecule has 0 heterocycles. The molecule has 2 atom stereocenters. The zero-order valence-corrected chi connectivity index (χ0v) is 10.4. The first-order chi connectivity index (χ1) is 7.88. The summed E-state index contributed by atoms with van der Waals surface area (Å²) in [5.74, 6) is 1.07. The second-order valence-corrected chi connectivity index (χ2v) is 3.97. The highest BCUT2D eigenvalue weighted by atomic mass is 16.4. The molecule has 0 aliphatic rings. The normalized spacial score (nSPS) is 13.6. The van der Waals surface area contributed by atoms with Crippen molar-refractivity contribution in [1.29, 1.82) is 0 Å². The Kier molecular flexibility index (Phi) is 6.75.